The number of benzene rings is 1. The number of aryl methyl sites for hydroxylation is 1. The van der Waals surface area contributed by atoms with Gasteiger partial charge in [-0.3, -0.25) is 4.79 Å². The van der Waals surface area contributed by atoms with Crippen LogP contribution >= 0.6 is 0 Å². The topological polar surface area (TPSA) is 55.6 Å². The van der Waals surface area contributed by atoms with Crippen LogP contribution in [0.3, 0.4) is 0 Å². The number of hydrogen-bond acceptors (Lipinski definition) is 4. The minimum atomic E-state index is -0.282. The minimum Gasteiger partial charge on any atom is -0.443 e. The summed E-state index contributed by atoms with van der Waals surface area (Å²) in [4.78, 5) is 18.3. The Balaban J connectivity index is 1.61. The summed E-state index contributed by atoms with van der Waals surface area (Å²) in [6.45, 7) is 4.67. The van der Waals surface area contributed by atoms with E-state index >= 15 is 0 Å². The largest absolute Gasteiger partial charge is 0.443 e. The van der Waals surface area contributed by atoms with Crippen molar-refractivity contribution in [1.82, 2.24) is 9.88 Å². The first-order valence-electron chi connectivity index (χ1n) is 8.07. The average molecular weight is 332 g/mol. The number of hydrogen-bond donors (Lipinski definition) is 0. The highest BCUT2D eigenvalue weighted by atomic mass is 19.1. The minimum absolute atomic E-state index is 0.0417. The van der Waals surface area contributed by atoms with Gasteiger partial charge in [0.05, 0.1) is 12.2 Å². The molecule has 128 valence electrons. The van der Waals surface area contributed by atoms with E-state index in [2.05, 4.69) is 11.9 Å². The molecule has 3 rings (SSSR count). The highest BCUT2D eigenvalue weighted by Gasteiger charge is 2.34. The maximum Gasteiger partial charge on any atom is 0.249 e. The molecule has 1 aromatic carbocycles. The van der Waals surface area contributed by atoms with Gasteiger partial charge in [-0.25, -0.2) is 9.37 Å². The van der Waals surface area contributed by atoms with Crippen molar-refractivity contribution in [2.24, 2.45) is 5.92 Å². The van der Waals surface area contributed by atoms with Gasteiger partial charge in [-0.1, -0.05) is 19.1 Å². The summed E-state index contributed by atoms with van der Waals surface area (Å²) in [5.41, 5.74) is 0.830. The van der Waals surface area contributed by atoms with Crippen molar-refractivity contribution in [2.75, 3.05) is 13.2 Å². The monoisotopic (exact) mass is 332 g/mol. The van der Waals surface area contributed by atoms with E-state index in [1.54, 1.807) is 24.1 Å². The normalized spacial score (nSPS) is 20.5. The first-order chi connectivity index (χ1) is 11.5. The second-order valence-corrected chi connectivity index (χ2v) is 6.32. The fraction of sp³-hybridized carbons (Fsp3) is 0.444. The van der Waals surface area contributed by atoms with Gasteiger partial charge in [-0.2, -0.15) is 0 Å². The molecule has 1 aliphatic heterocycles. The Morgan fingerprint density at radius 1 is 1.50 bits per heavy atom. The Kier molecular flexibility index (Phi) is 4.94. The van der Waals surface area contributed by atoms with Crippen LogP contribution in [0.4, 0.5) is 4.39 Å². The number of nitrogens with zero attached hydrogens (tertiary/aromatic N) is 2. The van der Waals surface area contributed by atoms with E-state index in [-0.39, 0.29) is 31.0 Å². The summed E-state index contributed by atoms with van der Waals surface area (Å²) in [6, 6.07) is 6.35. The molecule has 5 nitrogen and oxygen atoms in total. The Bertz CT molecular complexity index is 716. The number of aromatic nitrogens is 1. The summed E-state index contributed by atoms with van der Waals surface area (Å²) >= 11 is 0. The molecule has 2 atom stereocenters. The van der Waals surface area contributed by atoms with E-state index in [4.69, 9.17) is 9.15 Å². The first kappa shape index (κ1) is 16.6. The third-order valence-corrected chi connectivity index (χ3v) is 4.18. The lowest BCUT2D eigenvalue weighted by molar-refractivity contribution is -0.137. The molecule has 2 unspecified atom stereocenters. The molecule has 0 spiro atoms. The van der Waals surface area contributed by atoms with E-state index in [0.717, 1.165) is 12.0 Å². The van der Waals surface area contributed by atoms with Crippen molar-refractivity contribution < 1.29 is 18.3 Å². The second kappa shape index (κ2) is 7.13. The van der Waals surface area contributed by atoms with Gasteiger partial charge < -0.3 is 14.1 Å². The molecule has 1 saturated heterocycles. The molecule has 0 radical (unpaired) electrons. The first-order valence-corrected chi connectivity index (χ1v) is 8.07. The SMILES string of the molecule is Cc1cnc(COCC(=O)N2CC(C)CC2c2cccc(F)c2)o1. The number of ether oxygens (including phenoxy) is 1. The van der Waals surface area contributed by atoms with Crippen molar-refractivity contribution >= 4 is 5.91 Å². The zero-order valence-electron chi connectivity index (χ0n) is 13.9. The van der Waals surface area contributed by atoms with E-state index in [1.165, 1.54) is 12.1 Å². The molecule has 2 aromatic rings. The van der Waals surface area contributed by atoms with Gasteiger partial charge in [0, 0.05) is 6.54 Å². The predicted octanol–water partition coefficient (Wildman–Crippen LogP) is 3.25. The molecule has 0 saturated carbocycles. The average Bonchev–Trinajstić information content (AvgIpc) is 3.13. The number of amides is 1. The number of likely N-dealkylation sites (tertiary alicyclic amines) is 1. The molecule has 1 aliphatic rings. The molecule has 6 heteroatoms. The molecular weight excluding hydrogens is 311 g/mol. The van der Waals surface area contributed by atoms with Gasteiger partial charge in [-0.15, -0.1) is 0 Å². The molecule has 2 heterocycles. The summed E-state index contributed by atoms with van der Waals surface area (Å²) in [6.07, 6.45) is 2.44. The lowest BCUT2D eigenvalue weighted by Gasteiger charge is -2.25. The zero-order valence-corrected chi connectivity index (χ0v) is 13.9. The maximum absolute atomic E-state index is 13.5. The maximum atomic E-state index is 13.5. The van der Waals surface area contributed by atoms with Gasteiger partial charge in [0.1, 0.15) is 24.8 Å². The quantitative estimate of drug-likeness (QED) is 0.843. The van der Waals surface area contributed by atoms with Crippen LogP contribution in [0.2, 0.25) is 0 Å². The summed E-state index contributed by atoms with van der Waals surface area (Å²) in [5.74, 6) is 1.15. The van der Waals surface area contributed by atoms with Crippen LogP contribution in [-0.2, 0) is 16.1 Å². The number of carbonyl (C=O) groups excluding carboxylic acids is 1. The number of carbonyl (C=O) groups is 1. The van der Waals surface area contributed by atoms with Crippen molar-refractivity contribution in [3.63, 3.8) is 0 Å². The van der Waals surface area contributed by atoms with Crippen molar-refractivity contribution in [3.05, 3.63) is 53.5 Å². The van der Waals surface area contributed by atoms with E-state index < -0.39 is 0 Å². The highest BCUT2D eigenvalue weighted by Crippen LogP contribution is 2.35. The van der Waals surface area contributed by atoms with Crippen LogP contribution in [0, 0.1) is 18.7 Å². The standard InChI is InChI=1S/C18H21FN2O3/c1-12-6-16(14-4-3-5-15(19)7-14)21(9-12)18(22)11-23-10-17-20-8-13(2)24-17/h3-5,7-8,12,16H,6,9-11H2,1-2H3. The smallest absolute Gasteiger partial charge is 0.249 e. The van der Waals surface area contributed by atoms with Crippen LogP contribution < -0.4 is 0 Å². The molecule has 0 bridgehead atoms. The van der Waals surface area contributed by atoms with Gasteiger partial charge in [0.25, 0.3) is 0 Å². The summed E-state index contributed by atoms with van der Waals surface area (Å²) in [7, 11) is 0. The molecule has 0 aliphatic carbocycles. The zero-order chi connectivity index (χ0) is 17.1. The number of halogens is 1. The lowest BCUT2D eigenvalue weighted by Crippen LogP contribution is -2.34. The van der Waals surface area contributed by atoms with Gasteiger partial charge in [0.2, 0.25) is 11.8 Å². The fourth-order valence-electron chi connectivity index (χ4n) is 3.13. The van der Waals surface area contributed by atoms with Gasteiger partial charge in [0.15, 0.2) is 0 Å². The fourth-order valence-corrected chi connectivity index (χ4v) is 3.13. The summed E-state index contributed by atoms with van der Waals surface area (Å²) in [5, 5.41) is 0. The molecule has 1 aromatic heterocycles. The van der Waals surface area contributed by atoms with Gasteiger partial charge in [-0.05, 0) is 37.0 Å². The van der Waals surface area contributed by atoms with Crippen LogP contribution in [0.15, 0.2) is 34.9 Å². The van der Waals surface area contributed by atoms with E-state index in [9.17, 15) is 9.18 Å². The molecule has 24 heavy (non-hydrogen) atoms. The summed E-state index contributed by atoms with van der Waals surface area (Å²) < 4.78 is 24.2. The van der Waals surface area contributed by atoms with Crippen LogP contribution in [0.5, 0.6) is 0 Å². The molecule has 1 fully saturated rings. The van der Waals surface area contributed by atoms with Gasteiger partial charge >= 0.3 is 0 Å². The van der Waals surface area contributed by atoms with Crippen LogP contribution in [0.25, 0.3) is 0 Å². The van der Waals surface area contributed by atoms with Crippen molar-refractivity contribution in [1.29, 1.82) is 0 Å². The van der Waals surface area contributed by atoms with Crippen LogP contribution in [0.1, 0.15) is 36.6 Å². The second-order valence-electron chi connectivity index (χ2n) is 6.32. The third kappa shape index (κ3) is 3.82. The molecular formula is C18H21FN2O3. The molecule has 0 N–H and O–H groups in total. The lowest BCUT2D eigenvalue weighted by atomic mass is 10.0. The van der Waals surface area contributed by atoms with E-state index in [1.807, 2.05) is 6.07 Å². The Labute approximate surface area is 140 Å². The predicted molar refractivity (Wildman–Crippen MR) is 85.5 cm³/mol. The van der Waals surface area contributed by atoms with Crippen LogP contribution in [-0.4, -0.2) is 28.9 Å². The highest BCUT2D eigenvalue weighted by molar-refractivity contribution is 5.78. The Morgan fingerprint density at radius 2 is 2.33 bits per heavy atom. The number of rotatable bonds is 5. The molecule has 1 amide bonds. The van der Waals surface area contributed by atoms with E-state index in [0.29, 0.717) is 24.1 Å². The Hall–Kier alpha value is -2.21. The van der Waals surface area contributed by atoms with Crippen molar-refractivity contribution in [2.45, 2.75) is 32.9 Å². The third-order valence-electron chi connectivity index (χ3n) is 4.18. The number of oxazole rings is 1. The Morgan fingerprint density at radius 3 is 3.04 bits per heavy atom. The van der Waals surface area contributed by atoms with Crippen molar-refractivity contribution in [3.8, 4) is 0 Å².